The van der Waals surface area contributed by atoms with E-state index in [2.05, 4.69) is 19.4 Å². The molecular weight excluding hydrogens is 539 g/mol. The molecule has 2 aliphatic rings. The molecule has 1 aliphatic heterocycles. The van der Waals surface area contributed by atoms with Crippen molar-refractivity contribution >= 4 is 6.09 Å². The number of carbonyl (C=O) groups is 1. The van der Waals surface area contributed by atoms with Crippen molar-refractivity contribution in [1.82, 2.24) is 19.4 Å². The van der Waals surface area contributed by atoms with E-state index in [1.807, 2.05) is 0 Å². The molecule has 1 amide bonds. The Morgan fingerprint density at radius 2 is 1.80 bits per heavy atom. The number of aromatic nitrogens is 2. The number of hydrogen-bond donors (Lipinski definition) is 0. The summed E-state index contributed by atoms with van der Waals surface area (Å²) >= 11 is 0. The number of rotatable bonds is 10. The van der Waals surface area contributed by atoms with Gasteiger partial charge in [-0.2, -0.15) is 8.78 Å². The number of carbonyl (C=O) groups excluding carboxylic acids is 1. The smallest absolute Gasteiger partial charge is 0.435 e. The highest BCUT2D eigenvalue weighted by Gasteiger charge is 2.56. The van der Waals surface area contributed by atoms with E-state index in [-0.39, 0.29) is 29.8 Å². The molecule has 0 N–H and O–H groups in total. The number of ether oxygens (including phenoxy) is 3. The van der Waals surface area contributed by atoms with Gasteiger partial charge in [0, 0.05) is 39.8 Å². The number of nitrogens with zero attached hydrogens (tertiary/aromatic N) is 4. The number of aryl methyl sites for hydroxylation is 1. The first-order valence-corrected chi connectivity index (χ1v) is 12.6. The Balaban J connectivity index is 1.20. The predicted octanol–water partition coefficient (Wildman–Crippen LogP) is 5.30. The molecule has 1 aromatic heterocycles. The van der Waals surface area contributed by atoms with E-state index in [4.69, 9.17) is 4.74 Å². The Bertz CT molecular complexity index is 1300. The average molecular weight is 567 g/mol. The summed E-state index contributed by atoms with van der Waals surface area (Å²) in [6, 6.07) is 12.1. The van der Waals surface area contributed by atoms with Gasteiger partial charge >= 0.3 is 19.1 Å². The van der Waals surface area contributed by atoms with Gasteiger partial charge in [0.25, 0.3) is 0 Å². The molecule has 0 spiro atoms. The Kier molecular flexibility index (Phi) is 7.83. The summed E-state index contributed by atoms with van der Waals surface area (Å²) < 4.78 is 78.3. The molecule has 1 saturated carbocycles. The van der Waals surface area contributed by atoms with Gasteiger partial charge in [-0.25, -0.2) is 9.78 Å². The first-order chi connectivity index (χ1) is 19.0. The molecule has 5 rings (SSSR count). The van der Waals surface area contributed by atoms with Crippen molar-refractivity contribution < 1.29 is 41.0 Å². The zero-order valence-electron chi connectivity index (χ0n) is 21.4. The van der Waals surface area contributed by atoms with Gasteiger partial charge in [-0.05, 0) is 53.1 Å². The van der Waals surface area contributed by atoms with E-state index in [0.717, 1.165) is 18.7 Å². The molecule has 2 fully saturated rings. The Morgan fingerprint density at radius 3 is 2.42 bits per heavy atom. The van der Waals surface area contributed by atoms with E-state index in [1.54, 1.807) is 36.0 Å². The van der Waals surface area contributed by atoms with Gasteiger partial charge in [0.15, 0.2) is 0 Å². The van der Waals surface area contributed by atoms with Crippen LogP contribution in [0.2, 0.25) is 0 Å². The standard InChI is InChI=1S/C27H27F5N4O4/c1-34-15-24(33-16-34)39-26(37)36(11-18-3-2-4-20(9-18)40-27(30,31)32)14-23-21-12-35(13-22(21)23)10-17-5-7-19(8-6-17)38-25(28)29/h2-9,15-16,21-23,25H,10-14H2,1H3. The topological polar surface area (TPSA) is 69.1 Å². The second-order valence-electron chi connectivity index (χ2n) is 10.0. The maximum atomic E-state index is 13.1. The van der Waals surface area contributed by atoms with Crippen LogP contribution in [0, 0.1) is 17.8 Å². The van der Waals surface area contributed by atoms with Gasteiger partial charge in [-0.15, -0.1) is 13.2 Å². The van der Waals surface area contributed by atoms with Gasteiger partial charge in [0.2, 0.25) is 5.88 Å². The number of halogens is 5. The van der Waals surface area contributed by atoms with Crippen LogP contribution in [0.1, 0.15) is 11.1 Å². The van der Waals surface area contributed by atoms with Crippen LogP contribution in [0.25, 0.3) is 0 Å². The Hall–Kier alpha value is -3.87. The molecule has 2 aromatic carbocycles. The summed E-state index contributed by atoms with van der Waals surface area (Å²) in [5.74, 6) is 0.785. The average Bonchev–Trinajstić information content (AvgIpc) is 3.16. The normalized spacial score (nSPS) is 20.3. The second kappa shape index (κ2) is 11.3. The van der Waals surface area contributed by atoms with Crippen LogP contribution < -0.4 is 14.2 Å². The van der Waals surface area contributed by atoms with Gasteiger partial charge in [-0.1, -0.05) is 24.3 Å². The molecule has 214 valence electrons. The summed E-state index contributed by atoms with van der Waals surface area (Å²) in [4.78, 5) is 20.9. The lowest BCUT2D eigenvalue weighted by atomic mass is 10.1. The molecule has 40 heavy (non-hydrogen) atoms. The number of fused-ring (bicyclic) bond motifs is 1. The summed E-state index contributed by atoms with van der Waals surface area (Å²) in [6.07, 6.45) is -2.43. The van der Waals surface area contributed by atoms with Gasteiger partial charge in [0.05, 0.1) is 12.5 Å². The van der Waals surface area contributed by atoms with Crippen LogP contribution in [0.5, 0.6) is 17.4 Å². The third-order valence-electron chi connectivity index (χ3n) is 7.07. The van der Waals surface area contributed by atoms with Crippen molar-refractivity contribution in [3.63, 3.8) is 0 Å². The molecule has 13 heteroatoms. The van der Waals surface area contributed by atoms with Crippen molar-refractivity contribution in [3.05, 3.63) is 72.2 Å². The van der Waals surface area contributed by atoms with E-state index in [0.29, 0.717) is 30.5 Å². The Labute approximate surface area is 226 Å². The molecule has 1 aliphatic carbocycles. The van der Waals surface area contributed by atoms with Crippen molar-refractivity contribution in [2.24, 2.45) is 24.8 Å². The lowest BCUT2D eigenvalue weighted by Gasteiger charge is -2.25. The van der Waals surface area contributed by atoms with Gasteiger partial charge in [0.1, 0.15) is 11.5 Å². The van der Waals surface area contributed by atoms with Crippen LogP contribution in [-0.2, 0) is 20.1 Å². The van der Waals surface area contributed by atoms with Crippen LogP contribution in [0.15, 0.2) is 61.1 Å². The zero-order chi connectivity index (χ0) is 28.4. The van der Waals surface area contributed by atoms with Crippen molar-refractivity contribution in [1.29, 1.82) is 0 Å². The van der Waals surface area contributed by atoms with E-state index < -0.39 is 19.1 Å². The van der Waals surface area contributed by atoms with Crippen LogP contribution in [0.4, 0.5) is 26.7 Å². The molecule has 2 atom stereocenters. The fourth-order valence-electron chi connectivity index (χ4n) is 5.29. The summed E-state index contributed by atoms with van der Waals surface area (Å²) in [5, 5.41) is 0. The minimum absolute atomic E-state index is 0.0351. The van der Waals surface area contributed by atoms with Crippen LogP contribution in [-0.4, -0.2) is 58.1 Å². The minimum atomic E-state index is -4.82. The monoisotopic (exact) mass is 566 g/mol. The lowest BCUT2D eigenvalue weighted by Crippen LogP contribution is -2.36. The molecule has 8 nitrogen and oxygen atoms in total. The van der Waals surface area contributed by atoms with Crippen LogP contribution in [0.3, 0.4) is 0 Å². The van der Waals surface area contributed by atoms with Crippen molar-refractivity contribution in [2.75, 3.05) is 19.6 Å². The lowest BCUT2D eigenvalue weighted by molar-refractivity contribution is -0.274. The molecule has 0 bridgehead atoms. The summed E-state index contributed by atoms with van der Waals surface area (Å²) in [7, 11) is 1.73. The maximum absolute atomic E-state index is 13.1. The molecule has 0 radical (unpaired) electrons. The summed E-state index contributed by atoms with van der Waals surface area (Å²) in [5.41, 5.74) is 1.44. The largest absolute Gasteiger partial charge is 0.573 e. The highest BCUT2D eigenvalue weighted by atomic mass is 19.4. The molecule has 2 heterocycles. The molecule has 1 saturated heterocycles. The van der Waals surface area contributed by atoms with Crippen molar-refractivity contribution in [2.45, 2.75) is 26.1 Å². The van der Waals surface area contributed by atoms with E-state index >= 15 is 0 Å². The van der Waals surface area contributed by atoms with Crippen molar-refractivity contribution in [3.8, 4) is 17.4 Å². The number of likely N-dealkylation sites (tertiary alicyclic amines) is 1. The third kappa shape index (κ3) is 7.20. The second-order valence-corrected chi connectivity index (χ2v) is 10.0. The number of amides is 1. The SMILES string of the molecule is Cn1cnc(OC(=O)N(Cc2cccc(OC(F)(F)F)c2)CC2C3CN(Cc4ccc(OC(F)F)cc4)CC32)c1. The highest BCUT2D eigenvalue weighted by Crippen LogP contribution is 2.52. The number of imidazole rings is 1. The third-order valence-corrected chi connectivity index (χ3v) is 7.07. The predicted molar refractivity (Wildman–Crippen MR) is 132 cm³/mol. The first-order valence-electron chi connectivity index (χ1n) is 12.6. The van der Waals surface area contributed by atoms with Gasteiger partial charge in [-0.3, -0.25) is 4.90 Å². The molecule has 2 unspecified atom stereocenters. The maximum Gasteiger partial charge on any atom is 0.573 e. The zero-order valence-corrected chi connectivity index (χ0v) is 21.4. The number of hydrogen-bond acceptors (Lipinski definition) is 6. The fourth-order valence-corrected chi connectivity index (χ4v) is 5.29. The van der Waals surface area contributed by atoms with Crippen LogP contribution >= 0.6 is 0 Å². The number of alkyl halides is 5. The number of benzene rings is 2. The minimum Gasteiger partial charge on any atom is -0.435 e. The highest BCUT2D eigenvalue weighted by molar-refractivity contribution is 5.70. The Morgan fingerprint density at radius 1 is 1.07 bits per heavy atom. The molecule has 3 aromatic rings. The van der Waals surface area contributed by atoms with Gasteiger partial charge < -0.3 is 23.7 Å². The summed E-state index contributed by atoms with van der Waals surface area (Å²) in [6.45, 7) is -0.185. The first kappa shape index (κ1) is 27.7. The van der Waals surface area contributed by atoms with E-state index in [9.17, 15) is 26.7 Å². The van der Waals surface area contributed by atoms with E-state index in [1.165, 1.54) is 41.6 Å². The number of piperidine rings is 1. The molecular formula is C27H27F5N4O4. The fraction of sp³-hybridized carbons (Fsp3) is 0.407. The quantitative estimate of drug-likeness (QED) is 0.311.